The smallest absolute Gasteiger partial charge is 0.300 e. The second-order valence-corrected chi connectivity index (χ2v) is 4.50. The first-order valence-electron chi connectivity index (χ1n) is 5.93. The summed E-state index contributed by atoms with van der Waals surface area (Å²) >= 11 is 5.76. The average Bonchev–Trinajstić information content (AvgIpc) is 2.91. The SMILES string of the molecule is O=C(NCCc1ccc[nH]1)c1cccc(Cl)c1[N+](=O)[O-]. The predicted molar refractivity (Wildman–Crippen MR) is 74.9 cm³/mol. The summed E-state index contributed by atoms with van der Waals surface area (Å²) in [6, 6.07) is 8.03. The average molecular weight is 294 g/mol. The zero-order chi connectivity index (χ0) is 14.5. The number of rotatable bonds is 5. The Morgan fingerprint density at radius 3 is 2.80 bits per heavy atom. The Balaban J connectivity index is 2.06. The number of benzene rings is 1. The van der Waals surface area contributed by atoms with E-state index < -0.39 is 10.8 Å². The predicted octanol–water partition coefficient (Wildman–Crippen LogP) is 2.55. The Labute approximate surface area is 119 Å². The molecule has 1 aromatic heterocycles. The molecule has 0 saturated heterocycles. The van der Waals surface area contributed by atoms with E-state index in [4.69, 9.17) is 11.6 Å². The summed E-state index contributed by atoms with van der Waals surface area (Å²) in [5.74, 6) is -0.509. The lowest BCUT2D eigenvalue weighted by Crippen LogP contribution is -2.26. The highest BCUT2D eigenvalue weighted by atomic mass is 35.5. The van der Waals surface area contributed by atoms with Crippen LogP contribution >= 0.6 is 11.6 Å². The van der Waals surface area contributed by atoms with Crippen molar-refractivity contribution in [2.45, 2.75) is 6.42 Å². The summed E-state index contributed by atoms with van der Waals surface area (Å²) in [5.41, 5.74) is 0.575. The fourth-order valence-electron chi connectivity index (χ4n) is 1.81. The lowest BCUT2D eigenvalue weighted by atomic mass is 10.1. The summed E-state index contributed by atoms with van der Waals surface area (Å²) < 4.78 is 0. The van der Waals surface area contributed by atoms with Crippen LogP contribution < -0.4 is 5.32 Å². The number of para-hydroxylation sites is 1. The van der Waals surface area contributed by atoms with Crippen LogP contribution in [0.25, 0.3) is 0 Å². The monoisotopic (exact) mass is 293 g/mol. The highest BCUT2D eigenvalue weighted by Crippen LogP contribution is 2.27. The van der Waals surface area contributed by atoms with Crippen LogP contribution in [-0.4, -0.2) is 22.4 Å². The number of amides is 1. The van der Waals surface area contributed by atoms with Crippen molar-refractivity contribution < 1.29 is 9.72 Å². The molecule has 0 bridgehead atoms. The Kier molecular flexibility index (Phi) is 4.37. The van der Waals surface area contributed by atoms with Gasteiger partial charge in [0.25, 0.3) is 5.91 Å². The van der Waals surface area contributed by atoms with Crippen molar-refractivity contribution in [2.75, 3.05) is 6.54 Å². The molecule has 2 N–H and O–H groups in total. The number of aromatic nitrogens is 1. The highest BCUT2D eigenvalue weighted by molar-refractivity contribution is 6.33. The van der Waals surface area contributed by atoms with E-state index in [9.17, 15) is 14.9 Å². The van der Waals surface area contributed by atoms with Gasteiger partial charge in [-0.25, -0.2) is 0 Å². The van der Waals surface area contributed by atoms with Gasteiger partial charge in [-0.3, -0.25) is 14.9 Å². The van der Waals surface area contributed by atoms with Gasteiger partial charge in [-0.15, -0.1) is 0 Å². The van der Waals surface area contributed by atoms with Crippen LogP contribution in [0.3, 0.4) is 0 Å². The van der Waals surface area contributed by atoms with E-state index in [1.165, 1.54) is 18.2 Å². The fourth-order valence-corrected chi connectivity index (χ4v) is 2.06. The number of carbonyl (C=O) groups excluding carboxylic acids is 1. The van der Waals surface area contributed by atoms with E-state index in [1.807, 2.05) is 12.1 Å². The third-order valence-electron chi connectivity index (χ3n) is 2.76. The van der Waals surface area contributed by atoms with Crippen molar-refractivity contribution in [3.05, 3.63) is 62.9 Å². The quantitative estimate of drug-likeness (QED) is 0.656. The number of nitro benzene ring substituents is 1. The maximum absolute atomic E-state index is 12.0. The summed E-state index contributed by atoms with van der Waals surface area (Å²) in [7, 11) is 0. The number of nitrogens with zero attached hydrogens (tertiary/aromatic N) is 1. The summed E-state index contributed by atoms with van der Waals surface area (Å²) in [6.45, 7) is 0.378. The molecule has 1 aromatic carbocycles. The van der Waals surface area contributed by atoms with Crippen LogP contribution in [0.15, 0.2) is 36.5 Å². The number of carbonyl (C=O) groups is 1. The molecule has 7 heteroatoms. The molecular formula is C13H12ClN3O3. The summed E-state index contributed by atoms with van der Waals surface area (Å²) in [4.78, 5) is 25.3. The molecule has 20 heavy (non-hydrogen) atoms. The van der Waals surface area contributed by atoms with Gasteiger partial charge in [-0.05, 0) is 24.3 Å². The Bertz CT molecular complexity index is 626. The molecule has 6 nitrogen and oxygen atoms in total. The topological polar surface area (TPSA) is 88.0 Å². The minimum atomic E-state index is -0.651. The molecule has 104 valence electrons. The minimum absolute atomic E-state index is 0.0333. The number of nitrogens with one attached hydrogen (secondary N) is 2. The summed E-state index contributed by atoms with van der Waals surface area (Å²) in [5, 5.41) is 13.5. The number of hydrogen-bond donors (Lipinski definition) is 2. The third kappa shape index (κ3) is 3.16. The molecule has 0 unspecified atom stereocenters. The second-order valence-electron chi connectivity index (χ2n) is 4.09. The Morgan fingerprint density at radius 1 is 1.35 bits per heavy atom. The van der Waals surface area contributed by atoms with Gasteiger partial charge in [0.1, 0.15) is 10.6 Å². The van der Waals surface area contributed by atoms with Gasteiger partial charge in [-0.2, -0.15) is 0 Å². The van der Waals surface area contributed by atoms with Gasteiger partial charge >= 0.3 is 5.69 Å². The van der Waals surface area contributed by atoms with E-state index in [2.05, 4.69) is 10.3 Å². The molecule has 1 heterocycles. The molecule has 1 amide bonds. The van der Waals surface area contributed by atoms with E-state index in [0.717, 1.165) is 5.69 Å². The Hall–Kier alpha value is -2.34. The number of hydrogen-bond acceptors (Lipinski definition) is 3. The van der Waals surface area contributed by atoms with Crippen LogP contribution in [0, 0.1) is 10.1 Å². The molecule has 0 spiro atoms. The largest absolute Gasteiger partial charge is 0.365 e. The van der Waals surface area contributed by atoms with E-state index >= 15 is 0 Å². The molecule has 0 fully saturated rings. The Morgan fingerprint density at radius 2 is 2.15 bits per heavy atom. The van der Waals surface area contributed by atoms with E-state index in [-0.39, 0.29) is 16.3 Å². The van der Waals surface area contributed by atoms with E-state index in [1.54, 1.807) is 6.20 Å². The molecule has 0 aliphatic rings. The van der Waals surface area contributed by atoms with Crippen molar-refractivity contribution in [1.82, 2.24) is 10.3 Å². The van der Waals surface area contributed by atoms with Crippen molar-refractivity contribution >= 4 is 23.2 Å². The van der Waals surface area contributed by atoms with Crippen molar-refractivity contribution in [3.8, 4) is 0 Å². The summed E-state index contributed by atoms with van der Waals surface area (Å²) in [6.07, 6.45) is 2.41. The fraction of sp³-hybridized carbons (Fsp3) is 0.154. The van der Waals surface area contributed by atoms with Gasteiger partial charge in [0.2, 0.25) is 0 Å². The lowest BCUT2D eigenvalue weighted by molar-refractivity contribution is -0.385. The van der Waals surface area contributed by atoms with Crippen LogP contribution in [-0.2, 0) is 6.42 Å². The maximum Gasteiger partial charge on any atom is 0.300 e. The number of H-pyrrole nitrogens is 1. The molecule has 0 aliphatic heterocycles. The maximum atomic E-state index is 12.0. The zero-order valence-corrected chi connectivity index (χ0v) is 11.2. The van der Waals surface area contributed by atoms with Gasteiger partial charge in [0.05, 0.1) is 4.92 Å². The van der Waals surface area contributed by atoms with Crippen molar-refractivity contribution in [3.63, 3.8) is 0 Å². The van der Waals surface area contributed by atoms with Crippen LogP contribution in [0.2, 0.25) is 5.02 Å². The van der Waals surface area contributed by atoms with E-state index in [0.29, 0.717) is 13.0 Å². The third-order valence-corrected chi connectivity index (χ3v) is 3.06. The molecule has 2 aromatic rings. The van der Waals surface area contributed by atoms with Gasteiger partial charge in [0.15, 0.2) is 0 Å². The number of halogens is 1. The zero-order valence-electron chi connectivity index (χ0n) is 10.4. The van der Waals surface area contributed by atoms with Crippen molar-refractivity contribution in [2.24, 2.45) is 0 Å². The molecule has 0 radical (unpaired) electrons. The molecule has 0 aliphatic carbocycles. The molecular weight excluding hydrogens is 282 g/mol. The first kappa shape index (κ1) is 14.1. The molecule has 0 atom stereocenters. The van der Waals surface area contributed by atoms with Crippen molar-refractivity contribution in [1.29, 1.82) is 0 Å². The first-order valence-corrected chi connectivity index (χ1v) is 6.30. The van der Waals surface area contributed by atoms with Crippen LogP contribution in [0.1, 0.15) is 16.1 Å². The standard InChI is InChI=1S/C13H12ClN3O3/c14-11-5-1-4-10(12(11)17(19)20)13(18)16-8-6-9-3-2-7-15-9/h1-5,7,15H,6,8H2,(H,16,18). The van der Waals surface area contributed by atoms with Gasteiger partial charge in [0, 0.05) is 24.9 Å². The van der Waals surface area contributed by atoms with Gasteiger partial charge < -0.3 is 10.3 Å². The second kappa shape index (κ2) is 6.21. The van der Waals surface area contributed by atoms with Crippen LogP contribution in [0.4, 0.5) is 5.69 Å². The minimum Gasteiger partial charge on any atom is -0.365 e. The highest BCUT2D eigenvalue weighted by Gasteiger charge is 2.23. The first-order chi connectivity index (χ1) is 9.59. The van der Waals surface area contributed by atoms with Crippen LogP contribution in [0.5, 0.6) is 0 Å². The molecule has 2 rings (SSSR count). The molecule has 0 saturated carbocycles. The number of aromatic amines is 1. The lowest BCUT2D eigenvalue weighted by Gasteiger charge is -2.06. The van der Waals surface area contributed by atoms with Gasteiger partial charge in [-0.1, -0.05) is 17.7 Å². The number of nitro groups is 1. The normalized spacial score (nSPS) is 10.2.